The van der Waals surface area contributed by atoms with Gasteiger partial charge in [-0.25, -0.2) is 4.98 Å². The van der Waals surface area contributed by atoms with Gasteiger partial charge in [0.15, 0.2) is 5.82 Å². The van der Waals surface area contributed by atoms with Crippen LogP contribution in [0.3, 0.4) is 0 Å². The summed E-state index contributed by atoms with van der Waals surface area (Å²) in [7, 11) is 1.09. The number of halogens is 5. The van der Waals surface area contributed by atoms with Crippen LogP contribution in [0.25, 0.3) is 0 Å². The predicted molar refractivity (Wildman–Crippen MR) is 56.3 cm³/mol. The fourth-order valence-electron chi connectivity index (χ4n) is 2.33. The van der Waals surface area contributed by atoms with Gasteiger partial charge in [-0.2, -0.15) is 22.0 Å². The third-order valence-electron chi connectivity index (χ3n) is 3.45. The maximum Gasteiger partial charge on any atom is 0.461 e. The molecule has 0 fully saturated rings. The van der Waals surface area contributed by atoms with Crippen LogP contribution >= 0.6 is 0 Å². The minimum absolute atomic E-state index is 0.00470. The zero-order valence-corrected chi connectivity index (χ0v) is 10.3. The first-order valence-electron chi connectivity index (χ1n) is 5.78. The Bertz CT molecular complexity index is 550. The molecule has 0 bridgehead atoms. The highest BCUT2D eigenvalue weighted by atomic mass is 19.4. The van der Waals surface area contributed by atoms with E-state index in [9.17, 15) is 26.7 Å². The molecule has 1 atom stereocenters. The van der Waals surface area contributed by atoms with Crippen LogP contribution in [0.5, 0.6) is 0 Å². The van der Waals surface area contributed by atoms with Crippen molar-refractivity contribution in [3.05, 3.63) is 17.2 Å². The Morgan fingerprint density at radius 3 is 2.45 bits per heavy atom. The molecule has 0 spiro atoms. The van der Waals surface area contributed by atoms with Crippen LogP contribution in [0, 0.1) is 5.92 Å². The van der Waals surface area contributed by atoms with Gasteiger partial charge in [0.25, 0.3) is 0 Å². The average Bonchev–Trinajstić information content (AvgIpc) is 2.65. The molecular formula is C11H11F5N2O2. The van der Waals surface area contributed by atoms with E-state index in [-0.39, 0.29) is 30.7 Å². The lowest BCUT2D eigenvalue weighted by atomic mass is 9.90. The number of rotatable bonds is 2. The summed E-state index contributed by atoms with van der Waals surface area (Å²) in [4.78, 5) is 14.2. The number of hydrogen-bond acceptors (Lipinski definition) is 2. The summed E-state index contributed by atoms with van der Waals surface area (Å²) in [5.41, 5.74) is 0.242. The lowest BCUT2D eigenvalue weighted by Gasteiger charge is -2.20. The lowest BCUT2D eigenvalue weighted by molar-refractivity contribution is -0.293. The van der Waals surface area contributed by atoms with E-state index in [2.05, 4.69) is 4.98 Å². The van der Waals surface area contributed by atoms with Gasteiger partial charge in [-0.15, -0.1) is 0 Å². The fourth-order valence-corrected chi connectivity index (χ4v) is 2.33. The Morgan fingerprint density at radius 1 is 1.35 bits per heavy atom. The van der Waals surface area contributed by atoms with E-state index < -0.39 is 29.8 Å². The molecule has 112 valence electrons. The molecule has 4 nitrogen and oxygen atoms in total. The minimum Gasteiger partial charge on any atom is -0.481 e. The van der Waals surface area contributed by atoms with Gasteiger partial charge in [-0.3, -0.25) is 4.79 Å². The molecule has 0 aliphatic heterocycles. The number of hydrogen-bond donors (Lipinski definition) is 1. The lowest BCUT2D eigenvalue weighted by Crippen LogP contribution is -2.36. The molecule has 1 aromatic rings. The van der Waals surface area contributed by atoms with Crippen molar-refractivity contribution in [1.29, 1.82) is 0 Å². The number of aromatic nitrogens is 2. The van der Waals surface area contributed by atoms with Gasteiger partial charge in [-0.1, -0.05) is 0 Å². The van der Waals surface area contributed by atoms with Crippen molar-refractivity contribution in [2.75, 3.05) is 0 Å². The van der Waals surface area contributed by atoms with E-state index in [1.54, 1.807) is 0 Å². The van der Waals surface area contributed by atoms with E-state index in [1.807, 2.05) is 0 Å². The second kappa shape index (κ2) is 4.42. The van der Waals surface area contributed by atoms with Crippen molar-refractivity contribution in [3.63, 3.8) is 0 Å². The maximum atomic E-state index is 13.3. The molecule has 9 heteroatoms. The average molecular weight is 298 g/mol. The first-order valence-corrected chi connectivity index (χ1v) is 5.78. The molecule has 1 heterocycles. The number of fused-ring (bicyclic) bond motifs is 1. The van der Waals surface area contributed by atoms with E-state index in [4.69, 9.17) is 5.11 Å². The van der Waals surface area contributed by atoms with E-state index in [0.717, 1.165) is 11.6 Å². The molecule has 1 N–H and O–H groups in total. The summed E-state index contributed by atoms with van der Waals surface area (Å²) >= 11 is 0. The van der Waals surface area contributed by atoms with Crippen molar-refractivity contribution in [1.82, 2.24) is 9.55 Å². The maximum absolute atomic E-state index is 13.3. The predicted octanol–water partition coefficient (Wildman–Crippen LogP) is 2.26. The van der Waals surface area contributed by atoms with Crippen LogP contribution in [-0.2, 0) is 30.6 Å². The molecule has 0 amide bonds. The summed E-state index contributed by atoms with van der Waals surface area (Å²) in [6.45, 7) is 0. The first kappa shape index (κ1) is 14.7. The molecule has 1 aliphatic rings. The highest BCUT2D eigenvalue weighted by molar-refractivity contribution is 5.70. The Morgan fingerprint density at radius 2 is 1.95 bits per heavy atom. The third-order valence-corrected chi connectivity index (χ3v) is 3.45. The minimum atomic E-state index is -5.74. The summed E-state index contributed by atoms with van der Waals surface area (Å²) in [6, 6.07) is 0. The number of carboxylic acids is 1. The molecule has 0 saturated heterocycles. The quantitative estimate of drug-likeness (QED) is 0.852. The first-order chi connectivity index (χ1) is 9.05. The summed E-state index contributed by atoms with van der Waals surface area (Å²) in [5.74, 6) is -8.35. The Kier molecular flexibility index (Phi) is 3.26. The van der Waals surface area contributed by atoms with Gasteiger partial charge in [0, 0.05) is 19.2 Å². The van der Waals surface area contributed by atoms with Crippen molar-refractivity contribution in [2.24, 2.45) is 13.0 Å². The summed E-state index contributed by atoms with van der Waals surface area (Å²) < 4.78 is 64.5. The molecular weight excluding hydrogens is 287 g/mol. The smallest absolute Gasteiger partial charge is 0.461 e. The standard InChI is InChI=1S/C11H11F5N2O2/c1-18-7-3-2-5(8(19)20)4-6(7)17-9(18)10(12,13)11(14,15)16/h5H,2-4H2,1H3,(H,19,20). The van der Waals surface area contributed by atoms with Crippen molar-refractivity contribution < 1.29 is 31.9 Å². The van der Waals surface area contributed by atoms with Gasteiger partial charge in [0.2, 0.25) is 0 Å². The van der Waals surface area contributed by atoms with Crippen molar-refractivity contribution in [2.45, 2.75) is 31.4 Å². The number of carbonyl (C=O) groups is 1. The largest absolute Gasteiger partial charge is 0.481 e. The molecule has 0 radical (unpaired) electrons. The third kappa shape index (κ3) is 2.14. The van der Waals surface area contributed by atoms with Crippen molar-refractivity contribution >= 4 is 5.97 Å². The van der Waals surface area contributed by atoms with Crippen LogP contribution < -0.4 is 0 Å². The van der Waals surface area contributed by atoms with Gasteiger partial charge in [0.1, 0.15) is 0 Å². The Balaban J connectivity index is 2.44. The number of carboxylic acid groups (broad SMARTS) is 1. The second-order valence-corrected chi connectivity index (χ2v) is 4.74. The number of aliphatic carboxylic acids is 1. The summed E-state index contributed by atoms with van der Waals surface area (Å²) in [5, 5.41) is 8.87. The molecule has 20 heavy (non-hydrogen) atoms. The summed E-state index contributed by atoms with van der Waals surface area (Å²) in [6.07, 6.45) is -5.56. The zero-order chi connectivity index (χ0) is 15.3. The second-order valence-electron chi connectivity index (χ2n) is 4.74. The monoisotopic (exact) mass is 298 g/mol. The van der Waals surface area contributed by atoms with Crippen LogP contribution in [0.2, 0.25) is 0 Å². The topological polar surface area (TPSA) is 55.1 Å². The van der Waals surface area contributed by atoms with Gasteiger partial charge >= 0.3 is 18.1 Å². The van der Waals surface area contributed by atoms with E-state index in [1.165, 1.54) is 0 Å². The Hall–Kier alpha value is -1.67. The molecule has 1 aromatic heterocycles. The van der Waals surface area contributed by atoms with Crippen LogP contribution in [0.1, 0.15) is 23.6 Å². The molecule has 2 rings (SSSR count). The highest BCUT2D eigenvalue weighted by Crippen LogP contribution is 2.44. The fraction of sp³-hybridized carbons (Fsp3) is 0.636. The highest BCUT2D eigenvalue weighted by Gasteiger charge is 2.62. The van der Waals surface area contributed by atoms with Gasteiger partial charge in [-0.05, 0) is 12.8 Å². The van der Waals surface area contributed by atoms with Crippen molar-refractivity contribution in [3.8, 4) is 0 Å². The zero-order valence-electron chi connectivity index (χ0n) is 10.3. The molecule has 1 unspecified atom stereocenters. The molecule has 0 saturated carbocycles. The molecule has 1 aliphatic carbocycles. The van der Waals surface area contributed by atoms with E-state index in [0.29, 0.717) is 0 Å². The van der Waals surface area contributed by atoms with Gasteiger partial charge < -0.3 is 9.67 Å². The van der Waals surface area contributed by atoms with Crippen LogP contribution in [0.15, 0.2) is 0 Å². The van der Waals surface area contributed by atoms with Gasteiger partial charge in [0.05, 0.1) is 11.6 Å². The Labute approximate surface area is 110 Å². The van der Waals surface area contributed by atoms with Crippen LogP contribution in [0.4, 0.5) is 22.0 Å². The SMILES string of the molecule is Cn1c(C(F)(F)C(F)(F)F)nc2c1CCC(C(=O)O)C2. The van der Waals surface area contributed by atoms with E-state index >= 15 is 0 Å². The number of imidazole rings is 1. The number of alkyl halides is 5. The number of nitrogens with zero attached hydrogens (tertiary/aromatic N) is 2. The van der Waals surface area contributed by atoms with Crippen LogP contribution in [-0.4, -0.2) is 26.8 Å². The normalized spacial score (nSPS) is 19.8. The molecule has 0 aromatic carbocycles.